The Bertz CT molecular complexity index is 1980. The second-order valence-electron chi connectivity index (χ2n) is 8.81. The molecule has 3 aromatic carbocycles. The van der Waals surface area contributed by atoms with Crippen LogP contribution in [0.25, 0.3) is 17.2 Å². The summed E-state index contributed by atoms with van der Waals surface area (Å²) >= 11 is 0. The van der Waals surface area contributed by atoms with E-state index in [9.17, 15) is 63.2 Å². The number of benzene rings is 3. The molecule has 0 N–H and O–H groups in total. The number of hydrogen-bond acceptors (Lipinski definition) is 4. The van der Waals surface area contributed by atoms with Crippen LogP contribution in [0.5, 0.6) is 0 Å². The Balaban J connectivity index is 2.27. The van der Waals surface area contributed by atoms with E-state index < -0.39 is 131 Å². The molecule has 0 amide bonds. The third kappa shape index (κ3) is 4.55. The maximum Gasteiger partial charge on any atom is 0.180 e. The van der Waals surface area contributed by atoms with E-state index >= 15 is 0 Å². The topological polar surface area (TPSA) is 95.2 Å². The number of nitriles is 4. The van der Waals surface area contributed by atoms with Gasteiger partial charge in [-0.05, 0) is 18.6 Å². The van der Waals surface area contributed by atoms with Gasteiger partial charge in [0.1, 0.15) is 35.4 Å². The lowest BCUT2D eigenvalue weighted by molar-refractivity contribution is 0.442. The number of nitrogens with zero attached hydrogens (tertiary/aromatic N) is 4. The van der Waals surface area contributed by atoms with Crippen LogP contribution < -0.4 is 0 Å². The van der Waals surface area contributed by atoms with Gasteiger partial charge >= 0.3 is 0 Å². The summed E-state index contributed by atoms with van der Waals surface area (Å²) in [6.07, 6.45) is 0.0634. The highest BCUT2D eigenvalue weighted by atomic mass is 19.2. The molecule has 0 bridgehead atoms. The summed E-state index contributed by atoms with van der Waals surface area (Å²) < 4.78 is 175. The van der Waals surface area contributed by atoms with E-state index in [1.165, 1.54) is 0 Å². The van der Waals surface area contributed by atoms with E-state index in [2.05, 4.69) is 0 Å². The van der Waals surface area contributed by atoms with Crippen LogP contribution in [0.15, 0.2) is 16.7 Å². The maximum absolute atomic E-state index is 14.9. The molecule has 1 aliphatic rings. The monoisotopic (exact) mass is 636 g/mol. The molecule has 0 heterocycles. The van der Waals surface area contributed by atoms with Gasteiger partial charge in [-0.15, -0.1) is 0 Å². The molecule has 1 aliphatic carbocycles. The van der Waals surface area contributed by atoms with E-state index in [1.807, 2.05) is 0 Å². The predicted octanol–water partition coefficient (Wildman–Crippen LogP) is 7.76. The van der Waals surface area contributed by atoms with Crippen LogP contribution in [0.4, 0.5) is 52.7 Å². The molecule has 4 rings (SSSR count). The van der Waals surface area contributed by atoms with Crippen LogP contribution in [-0.2, 0) is 0 Å². The molecule has 0 unspecified atom stereocenters. The average molecular weight is 636 g/mol. The molecular weight excluding hydrogens is 632 g/mol. The van der Waals surface area contributed by atoms with Gasteiger partial charge in [0, 0.05) is 16.7 Å². The summed E-state index contributed by atoms with van der Waals surface area (Å²) in [5, 5.41) is 37.1. The van der Waals surface area contributed by atoms with E-state index in [0.717, 1.165) is 24.3 Å². The zero-order valence-electron chi connectivity index (χ0n) is 21.4. The lowest BCUT2D eigenvalue weighted by atomic mass is 9.99. The van der Waals surface area contributed by atoms with Gasteiger partial charge in [0.05, 0.1) is 27.8 Å². The van der Waals surface area contributed by atoms with Crippen molar-refractivity contribution in [2.75, 3.05) is 0 Å². The molecule has 0 aromatic heterocycles. The van der Waals surface area contributed by atoms with E-state index in [-0.39, 0.29) is 6.08 Å². The highest BCUT2D eigenvalue weighted by molar-refractivity contribution is 6.08. The van der Waals surface area contributed by atoms with E-state index in [4.69, 9.17) is 10.5 Å². The quantitative estimate of drug-likeness (QED) is 0.167. The van der Waals surface area contributed by atoms with Crippen LogP contribution in [0.3, 0.4) is 0 Å². The number of hydrogen-bond donors (Lipinski definition) is 0. The van der Waals surface area contributed by atoms with Crippen LogP contribution >= 0.6 is 0 Å². The van der Waals surface area contributed by atoms with Crippen molar-refractivity contribution in [2.45, 2.75) is 6.92 Å². The summed E-state index contributed by atoms with van der Waals surface area (Å²) in [5.41, 5.74) is -16.9. The van der Waals surface area contributed by atoms with Crippen molar-refractivity contribution in [2.24, 2.45) is 0 Å². The average Bonchev–Trinajstić information content (AvgIpc) is 3.72. The van der Waals surface area contributed by atoms with Crippen molar-refractivity contribution >= 4 is 17.2 Å². The standard InChI is InChI=1S/C29H4F12N4/c1-7-18(30)20(32)9(21(33)19(7)31)2-8-14(10(3-42)16-26(38)22(34)12(5-44)23(35)27(16)39)15(8)11(4-43)17-28(40)24(36)13(6-45)25(37)29(17)41/h2H,1H3. The van der Waals surface area contributed by atoms with E-state index in [1.54, 1.807) is 0 Å². The molecule has 0 atom stereocenters. The minimum absolute atomic E-state index is 0.0634. The first kappa shape index (κ1) is 31.9. The van der Waals surface area contributed by atoms with Gasteiger partial charge in [0.2, 0.25) is 0 Å². The van der Waals surface area contributed by atoms with Crippen LogP contribution in [-0.4, -0.2) is 0 Å². The summed E-state index contributed by atoms with van der Waals surface area (Å²) in [7, 11) is 0. The SMILES string of the molecule is Cc1c(F)c(F)c(C=C2C(=C(C#N)c3c(F)c(F)c(C#N)c(F)c3F)C2=C(C#N)c2c(F)c(F)c(C#N)c(F)c2F)c(F)c1F. The normalized spacial score (nSPS) is 14.3. The fourth-order valence-electron chi connectivity index (χ4n) is 4.27. The molecular formula is C29H4F12N4. The largest absolute Gasteiger partial charge is 0.203 e. The fourth-order valence-corrected chi connectivity index (χ4v) is 4.27. The molecule has 0 saturated heterocycles. The smallest absolute Gasteiger partial charge is 0.180 e. The first-order chi connectivity index (χ1) is 21.1. The van der Waals surface area contributed by atoms with E-state index in [0.29, 0.717) is 6.92 Å². The van der Waals surface area contributed by atoms with Crippen LogP contribution in [0, 0.1) is 122 Å². The number of allylic oxidation sites excluding steroid dienone is 5. The van der Waals surface area contributed by atoms with Crippen molar-refractivity contribution in [1.29, 1.82) is 21.0 Å². The first-order valence-electron chi connectivity index (χ1n) is 11.5. The van der Waals surface area contributed by atoms with Gasteiger partial charge in [-0.25, -0.2) is 52.7 Å². The highest BCUT2D eigenvalue weighted by Gasteiger charge is 2.43. The molecule has 3 aromatic rings. The van der Waals surface area contributed by atoms with Gasteiger partial charge in [0.15, 0.2) is 69.8 Å². The Morgan fingerprint density at radius 3 is 1.04 bits per heavy atom. The van der Waals surface area contributed by atoms with Crippen molar-refractivity contribution in [3.8, 4) is 24.3 Å². The van der Waals surface area contributed by atoms with Gasteiger partial charge in [0.25, 0.3) is 0 Å². The molecule has 224 valence electrons. The molecule has 1 fully saturated rings. The summed E-state index contributed by atoms with van der Waals surface area (Å²) in [6, 6.07) is 3.71. The summed E-state index contributed by atoms with van der Waals surface area (Å²) in [5.74, 6) is -27.4. The minimum Gasteiger partial charge on any atom is -0.203 e. The van der Waals surface area contributed by atoms with Crippen molar-refractivity contribution in [1.82, 2.24) is 0 Å². The zero-order valence-corrected chi connectivity index (χ0v) is 21.4. The molecule has 1 saturated carbocycles. The molecule has 0 radical (unpaired) electrons. The van der Waals surface area contributed by atoms with Gasteiger partial charge < -0.3 is 0 Å². The van der Waals surface area contributed by atoms with Crippen molar-refractivity contribution in [3.63, 3.8) is 0 Å². The van der Waals surface area contributed by atoms with Crippen LogP contribution in [0.1, 0.15) is 33.4 Å². The minimum atomic E-state index is -2.42. The Morgan fingerprint density at radius 1 is 0.467 bits per heavy atom. The highest BCUT2D eigenvalue weighted by Crippen LogP contribution is 2.55. The third-order valence-electron chi connectivity index (χ3n) is 6.51. The number of rotatable bonds is 3. The molecule has 45 heavy (non-hydrogen) atoms. The Kier molecular flexibility index (Phi) is 7.98. The van der Waals surface area contributed by atoms with Gasteiger partial charge in [-0.1, -0.05) is 0 Å². The third-order valence-corrected chi connectivity index (χ3v) is 6.51. The summed E-state index contributed by atoms with van der Waals surface area (Å²) in [6.45, 7) is 0.613. The Labute approximate surface area is 242 Å². The fraction of sp³-hybridized carbons (Fsp3) is 0.0345. The second kappa shape index (κ2) is 11.3. The lowest BCUT2D eigenvalue weighted by Gasteiger charge is -2.08. The van der Waals surface area contributed by atoms with Crippen molar-refractivity contribution < 1.29 is 52.7 Å². The van der Waals surface area contributed by atoms with Crippen molar-refractivity contribution in [3.05, 3.63) is 120 Å². The van der Waals surface area contributed by atoms with Crippen LogP contribution in [0.2, 0.25) is 0 Å². The van der Waals surface area contributed by atoms with Gasteiger partial charge in [-0.2, -0.15) is 21.0 Å². The predicted molar refractivity (Wildman–Crippen MR) is 126 cm³/mol. The molecule has 0 spiro atoms. The zero-order chi connectivity index (χ0) is 33.8. The Morgan fingerprint density at radius 2 is 0.778 bits per heavy atom. The molecule has 4 nitrogen and oxygen atoms in total. The number of halogens is 12. The lowest BCUT2D eigenvalue weighted by Crippen LogP contribution is -2.06. The molecule has 0 aliphatic heterocycles. The summed E-state index contributed by atoms with van der Waals surface area (Å²) in [4.78, 5) is 0. The maximum atomic E-state index is 14.9. The first-order valence-corrected chi connectivity index (χ1v) is 11.5. The Hall–Kier alpha value is -6.00. The molecule has 16 heteroatoms. The van der Waals surface area contributed by atoms with Gasteiger partial charge in [-0.3, -0.25) is 0 Å². The second-order valence-corrected chi connectivity index (χ2v) is 8.81.